The van der Waals surface area contributed by atoms with Crippen molar-refractivity contribution in [2.75, 3.05) is 6.61 Å². The van der Waals surface area contributed by atoms with Crippen LogP contribution in [0.25, 0.3) is 0 Å². The summed E-state index contributed by atoms with van der Waals surface area (Å²) in [7, 11) is 0. The van der Waals surface area contributed by atoms with E-state index < -0.39 is 5.97 Å². The van der Waals surface area contributed by atoms with E-state index in [9.17, 15) is 9.59 Å². The average molecular weight is 236 g/mol. The van der Waals surface area contributed by atoms with Gasteiger partial charge < -0.3 is 9.47 Å². The van der Waals surface area contributed by atoms with Crippen molar-refractivity contribution in [1.82, 2.24) is 0 Å². The molecule has 0 aromatic heterocycles. The molecule has 0 unspecified atom stereocenters. The molecule has 17 heavy (non-hydrogen) atoms. The van der Waals surface area contributed by atoms with Gasteiger partial charge in [-0.1, -0.05) is 12.1 Å². The highest BCUT2D eigenvalue weighted by molar-refractivity contribution is 5.79. The standard InChI is InChI=1S/C13H16O4/c1-3-16-12(14)7-8-13(15)17-11-6-4-5-10(2)9-11/h4-6,9H,3,7-8H2,1-2H3. The maximum atomic E-state index is 11.4. The molecule has 1 aromatic rings. The molecule has 0 atom stereocenters. The van der Waals surface area contributed by atoms with Gasteiger partial charge in [-0.2, -0.15) is 0 Å². The Morgan fingerprint density at radius 1 is 1.18 bits per heavy atom. The highest BCUT2D eigenvalue weighted by atomic mass is 16.5. The van der Waals surface area contributed by atoms with Crippen LogP contribution in [0.4, 0.5) is 0 Å². The molecular weight excluding hydrogens is 220 g/mol. The average Bonchev–Trinajstić information content (AvgIpc) is 2.27. The lowest BCUT2D eigenvalue weighted by Crippen LogP contribution is -2.12. The fourth-order valence-corrected chi connectivity index (χ4v) is 1.30. The number of esters is 2. The molecule has 0 saturated carbocycles. The van der Waals surface area contributed by atoms with Crippen LogP contribution in [0, 0.1) is 6.92 Å². The predicted molar refractivity (Wildman–Crippen MR) is 62.7 cm³/mol. The third-order valence-corrected chi connectivity index (χ3v) is 2.06. The fourth-order valence-electron chi connectivity index (χ4n) is 1.30. The molecule has 1 rings (SSSR count). The zero-order valence-corrected chi connectivity index (χ0v) is 10.1. The lowest BCUT2D eigenvalue weighted by molar-refractivity contribution is -0.146. The summed E-state index contributed by atoms with van der Waals surface area (Å²) in [5.74, 6) is -0.309. The van der Waals surface area contributed by atoms with E-state index in [4.69, 9.17) is 9.47 Å². The van der Waals surface area contributed by atoms with Crippen molar-refractivity contribution in [1.29, 1.82) is 0 Å². The van der Waals surface area contributed by atoms with Gasteiger partial charge in [0.15, 0.2) is 0 Å². The van der Waals surface area contributed by atoms with Crippen molar-refractivity contribution in [3.63, 3.8) is 0 Å². The maximum Gasteiger partial charge on any atom is 0.311 e. The molecule has 0 aliphatic heterocycles. The van der Waals surface area contributed by atoms with E-state index in [-0.39, 0.29) is 18.8 Å². The number of benzene rings is 1. The van der Waals surface area contributed by atoms with E-state index in [0.717, 1.165) is 5.56 Å². The molecule has 4 nitrogen and oxygen atoms in total. The highest BCUT2D eigenvalue weighted by Crippen LogP contribution is 2.13. The van der Waals surface area contributed by atoms with Gasteiger partial charge >= 0.3 is 11.9 Å². The Bertz CT molecular complexity index is 398. The second kappa shape index (κ2) is 6.68. The van der Waals surface area contributed by atoms with Crippen LogP contribution in [0.3, 0.4) is 0 Å². The van der Waals surface area contributed by atoms with E-state index in [2.05, 4.69) is 0 Å². The van der Waals surface area contributed by atoms with E-state index in [1.54, 1.807) is 19.1 Å². The minimum atomic E-state index is -0.427. The van der Waals surface area contributed by atoms with Crippen LogP contribution in [0.5, 0.6) is 5.75 Å². The Labute approximate surface area is 101 Å². The van der Waals surface area contributed by atoms with Gasteiger partial charge in [0.1, 0.15) is 5.75 Å². The number of ether oxygens (including phenoxy) is 2. The Morgan fingerprint density at radius 3 is 2.53 bits per heavy atom. The number of hydrogen-bond acceptors (Lipinski definition) is 4. The van der Waals surface area contributed by atoms with Crippen LogP contribution in [-0.2, 0) is 14.3 Å². The van der Waals surface area contributed by atoms with Crippen molar-refractivity contribution < 1.29 is 19.1 Å². The molecule has 0 heterocycles. The van der Waals surface area contributed by atoms with Crippen LogP contribution >= 0.6 is 0 Å². The maximum absolute atomic E-state index is 11.4. The normalized spacial score (nSPS) is 9.76. The van der Waals surface area contributed by atoms with Gasteiger partial charge in [-0.3, -0.25) is 9.59 Å². The van der Waals surface area contributed by atoms with Crippen molar-refractivity contribution in [2.24, 2.45) is 0 Å². The molecule has 0 aliphatic carbocycles. The van der Waals surface area contributed by atoms with E-state index in [1.165, 1.54) is 0 Å². The smallest absolute Gasteiger partial charge is 0.311 e. The number of carbonyl (C=O) groups is 2. The summed E-state index contributed by atoms with van der Waals surface area (Å²) in [6, 6.07) is 7.19. The summed E-state index contributed by atoms with van der Waals surface area (Å²) in [4.78, 5) is 22.4. The molecule has 0 radical (unpaired) electrons. The van der Waals surface area contributed by atoms with E-state index in [0.29, 0.717) is 12.4 Å². The van der Waals surface area contributed by atoms with Gasteiger partial charge in [0, 0.05) is 0 Å². The Morgan fingerprint density at radius 2 is 1.88 bits per heavy atom. The lowest BCUT2D eigenvalue weighted by Gasteiger charge is -2.04. The zero-order chi connectivity index (χ0) is 12.7. The SMILES string of the molecule is CCOC(=O)CCC(=O)Oc1cccc(C)c1. The van der Waals surface area contributed by atoms with E-state index in [1.807, 2.05) is 19.1 Å². The van der Waals surface area contributed by atoms with Crippen LogP contribution in [-0.4, -0.2) is 18.5 Å². The topological polar surface area (TPSA) is 52.6 Å². The zero-order valence-electron chi connectivity index (χ0n) is 10.1. The summed E-state index contributed by atoms with van der Waals surface area (Å²) >= 11 is 0. The molecule has 0 saturated heterocycles. The predicted octanol–water partition coefficient (Wildman–Crippen LogP) is 2.24. The first-order valence-electron chi connectivity index (χ1n) is 5.54. The lowest BCUT2D eigenvalue weighted by atomic mass is 10.2. The molecule has 4 heteroatoms. The van der Waals surface area contributed by atoms with E-state index >= 15 is 0 Å². The molecular formula is C13H16O4. The van der Waals surface area contributed by atoms with Gasteiger partial charge in [0.25, 0.3) is 0 Å². The molecule has 0 fully saturated rings. The van der Waals surface area contributed by atoms with Gasteiger partial charge in [-0.05, 0) is 31.5 Å². The Hall–Kier alpha value is -1.84. The van der Waals surface area contributed by atoms with Gasteiger partial charge in [0.2, 0.25) is 0 Å². The van der Waals surface area contributed by atoms with Crippen molar-refractivity contribution in [3.8, 4) is 5.75 Å². The summed E-state index contributed by atoms with van der Waals surface area (Å²) in [5.41, 5.74) is 1.01. The van der Waals surface area contributed by atoms with Crippen molar-refractivity contribution in [3.05, 3.63) is 29.8 Å². The highest BCUT2D eigenvalue weighted by Gasteiger charge is 2.09. The quantitative estimate of drug-likeness (QED) is 0.581. The fraction of sp³-hybridized carbons (Fsp3) is 0.385. The van der Waals surface area contributed by atoms with Crippen molar-refractivity contribution in [2.45, 2.75) is 26.7 Å². The largest absolute Gasteiger partial charge is 0.466 e. The Balaban J connectivity index is 2.37. The summed E-state index contributed by atoms with van der Waals surface area (Å²) in [5, 5.41) is 0. The number of aryl methyl sites for hydroxylation is 1. The van der Waals surface area contributed by atoms with Crippen LogP contribution < -0.4 is 4.74 Å². The third-order valence-electron chi connectivity index (χ3n) is 2.06. The van der Waals surface area contributed by atoms with Gasteiger partial charge in [-0.15, -0.1) is 0 Å². The second-order valence-corrected chi connectivity index (χ2v) is 3.60. The Kier molecular flexibility index (Phi) is 5.20. The van der Waals surface area contributed by atoms with Crippen LogP contribution in [0.2, 0.25) is 0 Å². The number of rotatable bonds is 5. The molecule has 0 amide bonds. The molecule has 0 spiro atoms. The molecule has 0 bridgehead atoms. The summed E-state index contributed by atoms with van der Waals surface area (Å²) in [6.45, 7) is 3.96. The van der Waals surface area contributed by atoms with Crippen molar-refractivity contribution >= 4 is 11.9 Å². The van der Waals surface area contributed by atoms with Gasteiger partial charge in [0.05, 0.1) is 19.4 Å². The molecule has 92 valence electrons. The molecule has 0 aliphatic rings. The number of hydrogen-bond donors (Lipinski definition) is 0. The first-order valence-corrected chi connectivity index (χ1v) is 5.54. The summed E-state index contributed by atoms with van der Waals surface area (Å²) in [6.07, 6.45) is 0.0886. The minimum Gasteiger partial charge on any atom is -0.466 e. The third kappa shape index (κ3) is 5.15. The van der Waals surface area contributed by atoms with Crippen LogP contribution in [0.15, 0.2) is 24.3 Å². The first kappa shape index (κ1) is 13.2. The minimum absolute atomic E-state index is 0.0345. The first-order chi connectivity index (χ1) is 8.11. The monoisotopic (exact) mass is 236 g/mol. The van der Waals surface area contributed by atoms with Crippen LogP contribution in [0.1, 0.15) is 25.3 Å². The second-order valence-electron chi connectivity index (χ2n) is 3.60. The number of carbonyl (C=O) groups excluding carboxylic acids is 2. The molecule has 1 aromatic carbocycles. The van der Waals surface area contributed by atoms with Gasteiger partial charge in [-0.25, -0.2) is 0 Å². The summed E-state index contributed by atoms with van der Waals surface area (Å²) < 4.78 is 9.79. The molecule has 0 N–H and O–H groups in total.